The number of allylic oxidation sites excluding steroid dienone is 7. The molecule has 1 atom stereocenters. The van der Waals surface area contributed by atoms with Gasteiger partial charge >= 0.3 is 218 Å². The molecule has 0 spiro atoms. The second-order valence-electron chi connectivity index (χ2n) is 8.83. The Hall–Kier alpha value is -2.27. The van der Waals surface area contributed by atoms with Gasteiger partial charge in [0.1, 0.15) is 0 Å². The van der Waals surface area contributed by atoms with E-state index in [0.717, 1.165) is 22.0 Å². The SMILES string of the molecule is C=C.C\C=C(OC)/C(=C\C(C)CC(=O)O)C(/C)=C/C=C(\C=C\CN(CC)[C](=[Os])NCc1cc(Cl)cc(Cl)c1)C(F)(F)F. The molecule has 0 saturated carbocycles. The van der Waals surface area contributed by atoms with Crippen molar-refractivity contribution in [2.45, 2.75) is 46.8 Å². The van der Waals surface area contributed by atoms with Gasteiger partial charge in [0.05, 0.1) is 13.5 Å². The van der Waals surface area contributed by atoms with Crippen molar-refractivity contribution in [1.82, 2.24) is 10.2 Å². The second kappa shape index (κ2) is 20.6. The number of carbonyl (C=O) groups is 1. The second-order valence-corrected chi connectivity index (χ2v) is 10.9. The van der Waals surface area contributed by atoms with E-state index in [4.69, 9.17) is 33.0 Å². The number of carboxylic acid groups (broad SMARTS) is 1. The van der Waals surface area contributed by atoms with Gasteiger partial charge in [-0.3, -0.25) is 4.79 Å². The van der Waals surface area contributed by atoms with Gasteiger partial charge in [0, 0.05) is 0 Å². The van der Waals surface area contributed by atoms with Crippen molar-refractivity contribution in [3.8, 4) is 0 Å². The molecule has 5 nitrogen and oxygen atoms in total. The fraction of sp³-hybridized carbons (Fsp3) is 0.355. The van der Waals surface area contributed by atoms with Gasteiger partial charge in [0.15, 0.2) is 0 Å². The molecular weight excluding hydrogens is 766 g/mol. The van der Waals surface area contributed by atoms with Crippen molar-refractivity contribution in [2.24, 2.45) is 5.92 Å². The molecule has 0 saturated heterocycles. The number of nitrogens with one attached hydrogen (secondary N) is 1. The standard InChI is InChI=1S/C29H35Cl2F3N2O3.C2H4.Os/c1-6-27(39-5)26(13-20(3)14-28(37)38)21(4)10-11-23(29(32,33)34)9-8-12-36(7-2)19-35-18-22-15-24(30)17-25(31)16-22;1-2;/h6,8-11,13,15-17,20,35H,7,12,14,18H2,1-5H3,(H,37,38);1-2H2;/b9-8+,21-10+,23-11+,26-13-,27-6+;;. The van der Waals surface area contributed by atoms with Gasteiger partial charge in [-0.05, 0) is 6.92 Å². The zero-order valence-electron chi connectivity index (χ0n) is 24.5. The van der Waals surface area contributed by atoms with Crippen LogP contribution < -0.4 is 5.32 Å². The van der Waals surface area contributed by atoms with Crippen molar-refractivity contribution in [2.75, 3.05) is 20.2 Å². The number of ether oxygens (including phenoxy) is 1. The molecule has 0 heterocycles. The first-order valence-corrected chi connectivity index (χ1v) is 15.0. The zero-order valence-corrected chi connectivity index (χ0v) is 28.5. The molecule has 234 valence electrons. The summed E-state index contributed by atoms with van der Waals surface area (Å²) in [5, 5.41) is 13.4. The van der Waals surface area contributed by atoms with E-state index in [1.165, 1.54) is 19.3 Å². The summed E-state index contributed by atoms with van der Waals surface area (Å²) in [7, 11) is 1.45. The average Bonchev–Trinajstić information content (AvgIpc) is 2.90. The quantitative estimate of drug-likeness (QED) is 0.106. The van der Waals surface area contributed by atoms with Crippen LogP contribution in [0.3, 0.4) is 0 Å². The van der Waals surface area contributed by atoms with Crippen molar-refractivity contribution >= 4 is 33.5 Å². The van der Waals surface area contributed by atoms with E-state index in [1.807, 2.05) is 11.8 Å². The van der Waals surface area contributed by atoms with E-state index in [0.29, 0.717) is 40.0 Å². The summed E-state index contributed by atoms with van der Waals surface area (Å²) in [5.74, 6) is -0.871. The van der Waals surface area contributed by atoms with Crippen molar-refractivity contribution in [3.05, 3.63) is 106 Å². The van der Waals surface area contributed by atoms with Crippen molar-refractivity contribution < 1.29 is 46.0 Å². The summed E-state index contributed by atoms with van der Waals surface area (Å²) in [5.41, 5.74) is 1.11. The van der Waals surface area contributed by atoms with E-state index in [1.54, 1.807) is 69.3 Å². The molecule has 1 rings (SSSR count). The third kappa shape index (κ3) is 15.3. The van der Waals surface area contributed by atoms with E-state index in [-0.39, 0.29) is 18.9 Å². The number of methoxy groups -OCH3 is 1. The molecule has 2 N–H and O–H groups in total. The first-order valence-electron chi connectivity index (χ1n) is 12.9. The normalized spacial score (nSPS) is 14.1. The molecule has 1 aromatic carbocycles. The Kier molecular flexibility index (Phi) is 19.5. The van der Waals surface area contributed by atoms with E-state index in [9.17, 15) is 18.0 Å². The summed E-state index contributed by atoms with van der Waals surface area (Å²) >= 11 is 13.7. The molecule has 0 aromatic heterocycles. The molecule has 0 aliphatic rings. The Morgan fingerprint density at radius 3 is 2.29 bits per heavy atom. The molecule has 0 aliphatic heterocycles. The number of hydrogen-bond donors (Lipinski definition) is 2. The molecule has 1 unspecified atom stereocenters. The van der Waals surface area contributed by atoms with E-state index >= 15 is 0 Å². The third-order valence-electron chi connectivity index (χ3n) is 5.59. The van der Waals surface area contributed by atoms with Crippen LogP contribution >= 0.6 is 23.2 Å². The van der Waals surface area contributed by atoms with Gasteiger partial charge in [0.2, 0.25) is 0 Å². The fourth-order valence-corrected chi connectivity index (χ4v) is 5.04. The molecular formula is C31H39Cl2F3N2O3Os. The van der Waals surface area contributed by atoms with Crippen molar-refractivity contribution in [1.29, 1.82) is 0 Å². The van der Waals surface area contributed by atoms with Crippen LogP contribution in [0.1, 0.15) is 39.7 Å². The Morgan fingerprint density at radius 1 is 1.21 bits per heavy atom. The Morgan fingerprint density at radius 2 is 1.81 bits per heavy atom. The Bertz CT molecular complexity index is 1190. The maximum absolute atomic E-state index is 13.8. The van der Waals surface area contributed by atoms with Gasteiger partial charge in [-0.1, -0.05) is 6.92 Å². The van der Waals surface area contributed by atoms with E-state index in [2.05, 4.69) is 18.5 Å². The summed E-state index contributed by atoms with van der Waals surface area (Å²) < 4.78 is 47.7. The van der Waals surface area contributed by atoms with Gasteiger partial charge in [-0.25, -0.2) is 0 Å². The number of likely N-dealkylation sites (N-methyl/N-ethyl adjacent to an activating group) is 1. The Balaban J connectivity index is 0.00000821. The van der Waals surface area contributed by atoms with Crippen LogP contribution in [0.15, 0.2) is 90.3 Å². The molecule has 0 radical (unpaired) electrons. The number of hydrogen-bond acceptors (Lipinski definition) is 4. The predicted molar refractivity (Wildman–Crippen MR) is 164 cm³/mol. The molecule has 0 bridgehead atoms. The van der Waals surface area contributed by atoms with Gasteiger partial charge in [-0.15, -0.1) is 13.2 Å². The van der Waals surface area contributed by atoms with Crippen LogP contribution in [0, 0.1) is 5.92 Å². The summed E-state index contributed by atoms with van der Waals surface area (Å²) in [4.78, 5) is 13.0. The summed E-state index contributed by atoms with van der Waals surface area (Å²) in [6.45, 7) is 14.4. The third-order valence-corrected chi connectivity index (χ3v) is 7.28. The van der Waals surface area contributed by atoms with Crippen LogP contribution in [-0.4, -0.2) is 46.7 Å². The van der Waals surface area contributed by atoms with Crippen LogP contribution in [-0.2, 0) is 34.2 Å². The summed E-state index contributed by atoms with van der Waals surface area (Å²) in [6, 6.07) is 5.23. The number of benzene rings is 1. The number of aliphatic carboxylic acids is 1. The zero-order chi connectivity index (χ0) is 32.5. The number of alkyl halides is 3. The topological polar surface area (TPSA) is 61.8 Å². The molecule has 1 aromatic rings. The van der Waals surface area contributed by atoms with Crippen LogP contribution in [0.25, 0.3) is 0 Å². The molecule has 0 fully saturated rings. The number of carboxylic acids is 1. The summed E-state index contributed by atoms with van der Waals surface area (Å²) in [6.07, 6.45) is 3.59. The van der Waals surface area contributed by atoms with Gasteiger partial charge in [0.25, 0.3) is 0 Å². The molecule has 42 heavy (non-hydrogen) atoms. The number of halogens is 5. The number of nitrogens with zero attached hydrogens (tertiary/aromatic N) is 1. The van der Waals surface area contributed by atoms with Gasteiger partial charge in [-0.2, -0.15) is 0 Å². The van der Waals surface area contributed by atoms with Gasteiger partial charge < -0.3 is 5.11 Å². The van der Waals surface area contributed by atoms with E-state index < -0.39 is 17.7 Å². The molecule has 0 amide bonds. The fourth-order valence-electron chi connectivity index (χ4n) is 3.61. The van der Waals surface area contributed by atoms with Crippen LogP contribution in [0.2, 0.25) is 10.0 Å². The van der Waals surface area contributed by atoms with Crippen LogP contribution in [0.4, 0.5) is 13.2 Å². The van der Waals surface area contributed by atoms with Crippen molar-refractivity contribution in [3.63, 3.8) is 0 Å². The molecule has 0 aliphatic carbocycles. The number of rotatable bonds is 15. The first-order chi connectivity index (χ1) is 19.7. The molecule has 11 heteroatoms. The average molecular weight is 806 g/mol. The minimum absolute atomic E-state index is 0.115. The van der Waals surface area contributed by atoms with Crippen LogP contribution in [0.5, 0.6) is 0 Å². The predicted octanol–water partition coefficient (Wildman–Crippen LogP) is 8.42. The first kappa shape index (κ1) is 39.7. The monoisotopic (exact) mass is 806 g/mol. The Labute approximate surface area is 267 Å². The maximum atomic E-state index is 13.8. The minimum atomic E-state index is -4.57.